The molecule has 6 nitrogen and oxygen atoms in total. The van der Waals surface area contributed by atoms with Gasteiger partial charge in [-0.2, -0.15) is 0 Å². The van der Waals surface area contributed by atoms with E-state index in [-0.39, 0.29) is 12.2 Å². The molecule has 0 rings (SSSR count). The zero-order valence-corrected chi connectivity index (χ0v) is 11.3. The summed E-state index contributed by atoms with van der Waals surface area (Å²) in [4.78, 5) is 41.1. The smallest absolute Gasteiger partial charge is 0.313 e. The van der Waals surface area contributed by atoms with Crippen LogP contribution in [0.3, 0.4) is 0 Å². The van der Waals surface area contributed by atoms with Crippen molar-refractivity contribution in [3.63, 3.8) is 0 Å². The molecule has 0 spiro atoms. The van der Waals surface area contributed by atoms with E-state index in [0.717, 1.165) is 0 Å². The first kappa shape index (κ1) is 18.6. The highest BCUT2D eigenvalue weighted by Gasteiger charge is 2.03. The second kappa shape index (κ2) is 11.8. The van der Waals surface area contributed by atoms with Crippen LogP contribution in [-0.4, -0.2) is 30.3 Å². The van der Waals surface area contributed by atoms with Gasteiger partial charge < -0.3 is 9.47 Å². The van der Waals surface area contributed by atoms with Gasteiger partial charge in [0.2, 0.25) is 0 Å². The molecule has 0 N–H and O–H groups in total. The van der Waals surface area contributed by atoms with Gasteiger partial charge >= 0.3 is 17.9 Å². The SMILES string of the molecule is CCCC(=O)OC(C)=O.CCOC(=O)CC(C)=O. The van der Waals surface area contributed by atoms with Crippen LogP contribution < -0.4 is 0 Å². The largest absolute Gasteiger partial charge is 0.466 e. The van der Waals surface area contributed by atoms with Gasteiger partial charge in [0.25, 0.3) is 0 Å². The minimum absolute atomic E-state index is 0.103. The average Bonchev–Trinajstić information content (AvgIpc) is 2.16. The fourth-order valence-electron chi connectivity index (χ4n) is 0.831. The van der Waals surface area contributed by atoms with Gasteiger partial charge in [-0.25, -0.2) is 0 Å². The Hall–Kier alpha value is -1.72. The zero-order valence-electron chi connectivity index (χ0n) is 11.3. The maximum atomic E-state index is 10.4. The van der Waals surface area contributed by atoms with Crippen molar-refractivity contribution in [2.24, 2.45) is 0 Å². The first-order valence-corrected chi connectivity index (χ1v) is 5.69. The quantitative estimate of drug-likeness (QED) is 0.548. The summed E-state index contributed by atoms with van der Waals surface area (Å²) in [6.07, 6.45) is 0.930. The van der Waals surface area contributed by atoms with E-state index in [1.54, 1.807) is 6.92 Å². The predicted molar refractivity (Wildman–Crippen MR) is 63.6 cm³/mol. The molecule has 0 aromatic carbocycles. The number of hydrogen-bond donors (Lipinski definition) is 0. The number of Topliss-reactive ketones (excluding diaryl/α,β-unsaturated/α-hetero) is 1. The van der Waals surface area contributed by atoms with E-state index in [4.69, 9.17) is 0 Å². The summed E-state index contributed by atoms with van der Waals surface area (Å²) in [5, 5.41) is 0. The Morgan fingerprint density at radius 2 is 1.50 bits per heavy atom. The van der Waals surface area contributed by atoms with Gasteiger partial charge in [-0.3, -0.25) is 19.2 Å². The summed E-state index contributed by atoms with van der Waals surface area (Å²) < 4.78 is 8.71. The van der Waals surface area contributed by atoms with Crippen LogP contribution in [0, 0.1) is 0 Å². The van der Waals surface area contributed by atoms with Crippen LogP contribution in [0.25, 0.3) is 0 Å². The monoisotopic (exact) mass is 260 g/mol. The van der Waals surface area contributed by atoms with E-state index in [0.29, 0.717) is 19.4 Å². The van der Waals surface area contributed by atoms with Crippen LogP contribution in [0.2, 0.25) is 0 Å². The summed E-state index contributed by atoms with van der Waals surface area (Å²) >= 11 is 0. The van der Waals surface area contributed by atoms with Crippen molar-refractivity contribution in [2.45, 2.75) is 47.0 Å². The highest BCUT2D eigenvalue weighted by Crippen LogP contribution is 1.90. The number of esters is 3. The Morgan fingerprint density at radius 1 is 0.944 bits per heavy atom. The minimum Gasteiger partial charge on any atom is -0.466 e. The van der Waals surface area contributed by atoms with Crippen molar-refractivity contribution in [3.8, 4) is 0 Å². The van der Waals surface area contributed by atoms with Crippen LogP contribution in [0.15, 0.2) is 0 Å². The summed E-state index contributed by atoms with van der Waals surface area (Å²) in [5.41, 5.74) is 0. The van der Waals surface area contributed by atoms with E-state index >= 15 is 0 Å². The lowest BCUT2D eigenvalue weighted by Crippen LogP contribution is -2.07. The lowest BCUT2D eigenvalue weighted by molar-refractivity contribution is -0.158. The highest BCUT2D eigenvalue weighted by molar-refractivity contribution is 5.94. The van der Waals surface area contributed by atoms with Crippen molar-refractivity contribution in [2.75, 3.05) is 6.61 Å². The second-order valence-electron chi connectivity index (χ2n) is 3.40. The Balaban J connectivity index is 0. The van der Waals surface area contributed by atoms with E-state index in [2.05, 4.69) is 9.47 Å². The maximum Gasteiger partial charge on any atom is 0.313 e. The molecule has 0 aliphatic rings. The predicted octanol–water partition coefficient (Wildman–Crippen LogP) is 1.40. The van der Waals surface area contributed by atoms with Crippen LogP contribution in [0.4, 0.5) is 0 Å². The number of ether oxygens (including phenoxy) is 2. The fraction of sp³-hybridized carbons (Fsp3) is 0.667. The van der Waals surface area contributed by atoms with Crippen LogP contribution in [0.5, 0.6) is 0 Å². The molecule has 0 aromatic rings. The Labute approximate surface area is 107 Å². The average molecular weight is 260 g/mol. The minimum atomic E-state index is -0.534. The molecule has 0 aromatic heterocycles. The molecule has 0 saturated heterocycles. The van der Waals surface area contributed by atoms with Gasteiger partial charge in [-0.15, -0.1) is 0 Å². The van der Waals surface area contributed by atoms with Gasteiger partial charge in [0.15, 0.2) is 0 Å². The van der Waals surface area contributed by atoms with Crippen LogP contribution >= 0.6 is 0 Å². The molecule has 0 amide bonds. The van der Waals surface area contributed by atoms with Crippen molar-refractivity contribution in [1.82, 2.24) is 0 Å². The molecular formula is C12H20O6. The van der Waals surface area contributed by atoms with E-state index in [1.165, 1.54) is 13.8 Å². The van der Waals surface area contributed by atoms with Gasteiger partial charge in [-0.1, -0.05) is 6.92 Å². The normalized spacial score (nSPS) is 8.67. The third kappa shape index (κ3) is 16.7. The zero-order chi connectivity index (χ0) is 14.6. The van der Waals surface area contributed by atoms with Crippen LogP contribution in [-0.2, 0) is 28.7 Å². The summed E-state index contributed by atoms with van der Waals surface area (Å²) in [5.74, 6) is -1.57. The highest BCUT2D eigenvalue weighted by atomic mass is 16.6. The van der Waals surface area contributed by atoms with Crippen LogP contribution in [0.1, 0.15) is 47.0 Å². The standard InChI is InChI=1S/2C6H10O3/c1-3-9-6(8)4-5(2)7;1-3-4-6(8)9-5(2)7/h2*3-4H2,1-2H3. The fourth-order valence-corrected chi connectivity index (χ4v) is 0.831. The molecule has 0 aliphatic carbocycles. The summed E-state index contributed by atoms with van der Waals surface area (Å²) in [6, 6.07) is 0. The first-order valence-electron chi connectivity index (χ1n) is 5.69. The molecule has 6 heteroatoms. The third-order valence-corrected chi connectivity index (χ3v) is 1.41. The molecule has 0 unspecified atom stereocenters. The lowest BCUT2D eigenvalue weighted by atomic mass is 10.3. The maximum absolute atomic E-state index is 10.4. The Bertz CT molecular complexity index is 265. The number of carbonyl (C=O) groups excluding carboxylic acids is 4. The molecule has 18 heavy (non-hydrogen) atoms. The van der Waals surface area contributed by atoms with E-state index in [9.17, 15) is 19.2 Å². The van der Waals surface area contributed by atoms with Gasteiger partial charge in [-0.05, 0) is 20.3 Å². The van der Waals surface area contributed by atoms with Gasteiger partial charge in [0, 0.05) is 13.3 Å². The Morgan fingerprint density at radius 3 is 1.83 bits per heavy atom. The van der Waals surface area contributed by atoms with Crippen molar-refractivity contribution >= 4 is 23.7 Å². The molecule has 0 atom stereocenters. The molecule has 0 radical (unpaired) electrons. The number of ketones is 1. The van der Waals surface area contributed by atoms with Crippen molar-refractivity contribution in [3.05, 3.63) is 0 Å². The van der Waals surface area contributed by atoms with Gasteiger partial charge in [0.05, 0.1) is 6.61 Å². The van der Waals surface area contributed by atoms with E-state index < -0.39 is 17.9 Å². The second-order valence-corrected chi connectivity index (χ2v) is 3.40. The number of carbonyl (C=O) groups is 4. The molecular weight excluding hydrogens is 240 g/mol. The summed E-state index contributed by atoms with van der Waals surface area (Å²) in [6.45, 7) is 6.47. The van der Waals surface area contributed by atoms with Gasteiger partial charge in [0.1, 0.15) is 12.2 Å². The molecule has 0 bridgehead atoms. The number of rotatable bonds is 5. The molecule has 0 heterocycles. The molecule has 0 fully saturated rings. The molecule has 0 aliphatic heterocycles. The van der Waals surface area contributed by atoms with Crippen molar-refractivity contribution < 1.29 is 28.7 Å². The first-order chi connectivity index (χ1) is 8.33. The molecule has 104 valence electrons. The third-order valence-electron chi connectivity index (χ3n) is 1.41. The van der Waals surface area contributed by atoms with Crippen molar-refractivity contribution in [1.29, 1.82) is 0 Å². The van der Waals surface area contributed by atoms with E-state index in [1.807, 2.05) is 6.92 Å². The Kier molecular flexibility index (Phi) is 12.2. The topological polar surface area (TPSA) is 86.7 Å². The summed E-state index contributed by atoms with van der Waals surface area (Å²) in [7, 11) is 0. The molecule has 0 saturated carbocycles. The lowest BCUT2D eigenvalue weighted by Gasteiger charge is -1.96. The number of hydrogen-bond acceptors (Lipinski definition) is 6.